The molecule has 1 heterocycles. The third kappa shape index (κ3) is 4.80. The van der Waals surface area contributed by atoms with E-state index in [1.54, 1.807) is 0 Å². The molecule has 4 heteroatoms. The Morgan fingerprint density at radius 2 is 1.72 bits per heavy atom. The summed E-state index contributed by atoms with van der Waals surface area (Å²) >= 11 is 0. The van der Waals surface area contributed by atoms with Crippen LogP contribution in [0.15, 0.2) is 42.5 Å². The summed E-state index contributed by atoms with van der Waals surface area (Å²) in [6.07, 6.45) is 0.573. The lowest BCUT2D eigenvalue weighted by Crippen LogP contribution is -2.47. The van der Waals surface area contributed by atoms with Crippen molar-refractivity contribution in [2.24, 2.45) is 0 Å². The Balaban J connectivity index is 1.48. The summed E-state index contributed by atoms with van der Waals surface area (Å²) in [6.45, 7) is 10.6. The van der Waals surface area contributed by atoms with Gasteiger partial charge < -0.3 is 15.1 Å². The van der Waals surface area contributed by atoms with Gasteiger partial charge in [0.05, 0.1) is 6.04 Å². The van der Waals surface area contributed by atoms with Crippen molar-refractivity contribution in [3.05, 3.63) is 48.0 Å². The molecule has 134 valence electrons. The van der Waals surface area contributed by atoms with Crippen LogP contribution >= 0.6 is 0 Å². The first-order chi connectivity index (χ1) is 12.2. The van der Waals surface area contributed by atoms with E-state index in [0.29, 0.717) is 6.42 Å². The van der Waals surface area contributed by atoms with Crippen LogP contribution in [-0.2, 0) is 4.79 Å². The number of hydrogen-bond acceptors (Lipinski definition) is 3. The van der Waals surface area contributed by atoms with Gasteiger partial charge in [0.25, 0.3) is 0 Å². The van der Waals surface area contributed by atoms with Crippen LogP contribution in [-0.4, -0.2) is 55.0 Å². The highest BCUT2D eigenvalue weighted by Gasteiger charge is 2.17. The van der Waals surface area contributed by atoms with Gasteiger partial charge in [-0.1, -0.05) is 43.3 Å². The van der Waals surface area contributed by atoms with E-state index >= 15 is 0 Å². The number of piperazine rings is 1. The molecule has 0 spiro atoms. The Labute approximate surface area is 150 Å². The smallest absolute Gasteiger partial charge is 0.221 e. The van der Waals surface area contributed by atoms with Crippen molar-refractivity contribution in [2.45, 2.75) is 26.3 Å². The topological polar surface area (TPSA) is 35.6 Å². The molecule has 0 radical (unpaired) electrons. The number of fused-ring (bicyclic) bond motifs is 1. The molecule has 0 saturated carbocycles. The molecule has 4 nitrogen and oxygen atoms in total. The predicted molar refractivity (Wildman–Crippen MR) is 104 cm³/mol. The monoisotopic (exact) mass is 339 g/mol. The summed E-state index contributed by atoms with van der Waals surface area (Å²) in [6, 6.07) is 14.8. The largest absolute Gasteiger partial charge is 0.350 e. The van der Waals surface area contributed by atoms with Crippen LogP contribution in [0.2, 0.25) is 0 Å². The van der Waals surface area contributed by atoms with Crippen LogP contribution in [0.3, 0.4) is 0 Å². The van der Waals surface area contributed by atoms with Crippen LogP contribution in [0.5, 0.6) is 0 Å². The fourth-order valence-electron chi connectivity index (χ4n) is 3.46. The van der Waals surface area contributed by atoms with E-state index in [0.717, 1.165) is 44.8 Å². The maximum atomic E-state index is 12.3. The molecule has 25 heavy (non-hydrogen) atoms. The molecule has 1 N–H and O–H groups in total. The second kappa shape index (κ2) is 8.45. The van der Waals surface area contributed by atoms with Gasteiger partial charge in [-0.15, -0.1) is 0 Å². The first-order valence-electron chi connectivity index (χ1n) is 9.38. The van der Waals surface area contributed by atoms with E-state index in [4.69, 9.17) is 0 Å². The Hall–Kier alpha value is -1.91. The van der Waals surface area contributed by atoms with Crippen molar-refractivity contribution in [1.82, 2.24) is 15.1 Å². The van der Waals surface area contributed by atoms with Crippen molar-refractivity contribution >= 4 is 16.7 Å². The Kier molecular flexibility index (Phi) is 6.05. The number of amides is 1. The van der Waals surface area contributed by atoms with Crippen LogP contribution in [0, 0.1) is 0 Å². The lowest BCUT2D eigenvalue weighted by molar-refractivity contribution is -0.122. The molecule has 1 fully saturated rings. The maximum Gasteiger partial charge on any atom is 0.221 e. The minimum absolute atomic E-state index is 0.0362. The summed E-state index contributed by atoms with van der Waals surface area (Å²) in [5.41, 5.74) is 1.16. The molecule has 2 aromatic rings. The Morgan fingerprint density at radius 3 is 2.44 bits per heavy atom. The number of likely N-dealkylation sites (N-methyl/N-ethyl adjacent to an activating group) is 1. The van der Waals surface area contributed by atoms with Crippen LogP contribution in [0.25, 0.3) is 10.8 Å². The Morgan fingerprint density at radius 1 is 1.04 bits per heavy atom. The van der Waals surface area contributed by atoms with Gasteiger partial charge in [0, 0.05) is 39.1 Å². The fraction of sp³-hybridized carbons (Fsp3) is 0.476. The van der Waals surface area contributed by atoms with Crippen LogP contribution in [0.4, 0.5) is 0 Å². The predicted octanol–water partition coefficient (Wildman–Crippen LogP) is 3.04. The molecule has 1 aliphatic heterocycles. The average Bonchev–Trinajstić information content (AvgIpc) is 2.66. The highest BCUT2D eigenvalue weighted by molar-refractivity contribution is 5.83. The number of nitrogens with one attached hydrogen (secondary N) is 1. The van der Waals surface area contributed by atoms with E-state index in [-0.39, 0.29) is 11.9 Å². The quantitative estimate of drug-likeness (QED) is 0.879. The van der Waals surface area contributed by atoms with Gasteiger partial charge >= 0.3 is 0 Å². The van der Waals surface area contributed by atoms with Gasteiger partial charge in [-0.05, 0) is 35.9 Å². The molecular weight excluding hydrogens is 310 g/mol. The number of nitrogens with zero attached hydrogens (tertiary/aromatic N) is 2. The van der Waals surface area contributed by atoms with Crippen molar-refractivity contribution < 1.29 is 4.79 Å². The average molecular weight is 339 g/mol. The fourth-order valence-corrected chi connectivity index (χ4v) is 3.46. The first kappa shape index (κ1) is 17.9. The van der Waals surface area contributed by atoms with Gasteiger partial charge in [-0.2, -0.15) is 0 Å². The third-order valence-electron chi connectivity index (χ3n) is 5.22. The summed E-state index contributed by atoms with van der Waals surface area (Å²) in [5.74, 6) is 0.138. The molecule has 1 aliphatic rings. The summed E-state index contributed by atoms with van der Waals surface area (Å²) in [7, 11) is 0. The zero-order valence-corrected chi connectivity index (χ0v) is 15.4. The summed E-state index contributed by atoms with van der Waals surface area (Å²) < 4.78 is 0. The third-order valence-corrected chi connectivity index (χ3v) is 5.22. The summed E-state index contributed by atoms with van der Waals surface area (Å²) in [4.78, 5) is 17.2. The van der Waals surface area contributed by atoms with Crippen molar-refractivity contribution in [2.75, 3.05) is 39.3 Å². The van der Waals surface area contributed by atoms with Gasteiger partial charge in [0.15, 0.2) is 0 Å². The molecule has 2 aromatic carbocycles. The molecule has 1 unspecified atom stereocenters. The molecular formula is C21H29N3O. The second-order valence-corrected chi connectivity index (χ2v) is 6.92. The zero-order valence-electron chi connectivity index (χ0n) is 15.4. The standard InChI is InChI=1S/C21H29N3O/c1-3-23-12-14-24(15-13-23)11-10-21(25)22-17(2)19-9-8-18-6-4-5-7-20(18)16-19/h4-9,16-17H,3,10-15H2,1-2H3,(H,22,25). The maximum absolute atomic E-state index is 12.3. The lowest BCUT2D eigenvalue weighted by Gasteiger charge is -2.33. The van der Waals surface area contributed by atoms with Gasteiger partial charge in [-0.3, -0.25) is 4.79 Å². The number of rotatable bonds is 6. The molecule has 1 atom stereocenters. The highest BCUT2D eigenvalue weighted by atomic mass is 16.1. The van der Waals surface area contributed by atoms with Crippen molar-refractivity contribution in [1.29, 1.82) is 0 Å². The van der Waals surface area contributed by atoms with E-state index in [1.807, 2.05) is 12.1 Å². The molecule has 1 amide bonds. The summed E-state index contributed by atoms with van der Waals surface area (Å²) in [5, 5.41) is 5.59. The van der Waals surface area contributed by atoms with E-state index in [9.17, 15) is 4.79 Å². The van der Waals surface area contributed by atoms with E-state index in [2.05, 4.69) is 59.3 Å². The lowest BCUT2D eigenvalue weighted by atomic mass is 10.0. The van der Waals surface area contributed by atoms with Crippen molar-refractivity contribution in [3.8, 4) is 0 Å². The molecule has 0 aromatic heterocycles. The SMILES string of the molecule is CCN1CCN(CCC(=O)NC(C)c2ccc3ccccc3c2)CC1. The number of carbonyl (C=O) groups is 1. The number of carbonyl (C=O) groups excluding carboxylic acids is 1. The normalized spacial score (nSPS) is 17.5. The minimum atomic E-state index is 0.0362. The second-order valence-electron chi connectivity index (χ2n) is 6.92. The molecule has 3 rings (SSSR count). The van der Waals surface area contributed by atoms with E-state index < -0.39 is 0 Å². The number of benzene rings is 2. The van der Waals surface area contributed by atoms with E-state index in [1.165, 1.54) is 10.8 Å². The minimum Gasteiger partial charge on any atom is -0.350 e. The van der Waals surface area contributed by atoms with Gasteiger partial charge in [0.1, 0.15) is 0 Å². The van der Waals surface area contributed by atoms with Crippen molar-refractivity contribution in [3.63, 3.8) is 0 Å². The molecule has 0 aliphatic carbocycles. The highest BCUT2D eigenvalue weighted by Crippen LogP contribution is 2.20. The number of hydrogen-bond donors (Lipinski definition) is 1. The van der Waals surface area contributed by atoms with Crippen LogP contribution in [0.1, 0.15) is 31.9 Å². The van der Waals surface area contributed by atoms with Gasteiger partial charge in [-0.25, -0.2) is 0 Å². The first-order valence-corrected chi connectivity index (χ1v) is 9.38. The molecule has 0 bridgehead atoms. The van der Waals surface area contributed by atoms with Gasteiger partial charge in [0.2, 0.25) is 5.91 Å². The zero-order chi connectivity index (χ0) is 17.6. The Bertz CT molecular complexity index is 707. The molecule has 1 saturated heterocycles. The van der Waals surface area contributed by atoms with Crippen LogP contribution < -0.4 is 5.32 Å².